The van der Waals surface area contributed by atoms with Gasteiger partial charge in [0, 0.05) is 49.7 Å². The van der Waals surface area contributed by atoms with Crippen LogP contribution in [0.5, 0.6) is 11.5 Å². The zero-order chi connectivity index (χ0) is 22.2. The lowest BCUT2D eigenvalue weighted by atomic mass is 10.1. The van der Waals surface area contributed by atoms with Crippen LogP contribution < -0.4 is 19.3 Å². The van der Waals surface area contributed by atoms with Gasteiger partial charge in [-0.05, 0) is 37.3 Å². The summed E-state index contributed by atoms with van der Waals surface area (Å²) in [5, 5.41) is 4.21. The van der Waals surface area contributed by atoms with E-state index in [1.54, 1.807) is 6.20 Å². The van der Waals surface area contributed by atoms with Gasteiger partial charge < -0.3 is 23.8 Å². The van der Waals surface area contributed by atoms with Crippen LogP contribution >= 0.6 is 0 Å². The van der Waals surface area contributed by atoms with Crippen molar-refractivity contribution in [3.05, 3.63) is 66.4 Å². The van der Waals surface area contributed by atoms with Gasteiger partial charge >= 0.3 is 0 Å². The van der Waals surface area contributed by atoms with Gasteiger partial charge in [-0.3, -0.25) is 0 Å². The van der Waals surface area contributed by atoms with Crippen LogP contribution in [0.2, 0.25) is 0 Å². The van der Waals surface area contributed by atoms with Crippen molar-refractivity contribution in [3.63, 3.8) is 0 Å². The quantitative estimate of drug-likeness (QED) is 0.467. The smallest absolute Gasteiger partial charge is 0.261 e. The van der Waals surface area contributed by atoms with Gasteiger partial charge in [-0.25, -0.2) is 4.98 Å². The van der Waals surface area contributed by atoms with Gasteiger partial charge in [-0.1, -0.05) is 28.9 Å². The fourth-order valence-electron chi connectivity index (χ4n) is 4.31. The molecule has 166 valence electrons. The summed E-state index contributed by atoms with van der Waals surface area (Å²) in [4.78, 5) is 13.9. The van der Waals surface area contributed by atoms with Gasteiger partial charge in [0.1, 0.15) is 5.82 Å². The fourth-order valence-corrected chi connectivity index (χ4v) is 4.31. The van der Waals surface area contributed by atoms with E-state index in [4.69, 9.17) is 14.0 Å². The van der Waals surface area contributed by atoms with Crippen molar-refractivity contribution in [2.24, 2.45) is 0 Å². The third-order valence-corrected chi connectivity index (χ3v) is 6.02. The van der Waals surface area contributed by atoms with E-state index in [2.05, 4.69) is 37.1 Å². The highest BCUT2D eigenvalue weighted by atomic mass is 16.7. The first-order chi connectivity index (χ1) is 16.2. The van der Waals surface area contributed by atoms with E-state index in [-0.39, 0.29) is 6.79 Å². The van der Waals surface area contributed by atoms with Crippen LogP contribution in [0.3, 0.4) is 0 Å². The standard InChI is InChI=1S/C25H23N5O3/c1-17-4-2-5-18(14-17)23-27-25(33-28-23)20-6-3-9-26-24(20)30-12-10-29(11-13-30)19-7-8-21-22(15-19)32-16-31-21/h2-9,14-15H,10-13,16H2,1H3. The Kier molecular flexibility index (Phi) is 4.83. The predicted molar refractivity (Wildman–Crippen MR) is 125 cm³/mol. The van der Waals surface area contributed by atoms with Gasteiger partial charge in [-0.15, -0.1) is 0 Å². The van der Waals surface area contributed by atoms with Gasteiger partial charge in [0.05, 0.1) is 5.56 Å². The molecule has 4 aromatic rings. The second-order valence-corrected chi connectivity index (χ2v) is 8.18. The molecule has 2 aliphatic heterocycles. The Balaban J connectivity index is 1.21. The molecule has 2 aliphatic rings. The maximum absolute atomic E-state index is 5.65. The molecule has 0 spiro atoms. The van der Waals surface area contributed by atoms with E-state index >= 15 is 0 Å². The molecule has 0 aliphatic carbocycles. The molecule has 0 amide bonds. The van der Waals surface area contributed by atoms with E-state index < -0.39 is 0 Å². The van der Waals surface area contributed by atoms with Crippen molar-refractivity contribution in [1.29, 1.82) is 0 Å². The van der Waals surface area contributed by atoms with Crippen molar-refractivity contribution in [2.75, 3.05) is 42.8 Å². The molecule has 0 radical (unpaired) electrons. The Morgan fingerprint density at radius 1 is 0.848 bits per heavy atom. The number of rotatable bonds is 4. The average Bonchev–Trinajstić information content (AvgIpc) is 3.54. The number of fused-ring (bicyclic) bond motifs is 1. The molecule has 0 unspecified atom stereocenters. The van der Waals surface area contributed by atoms with E-state index in [9.17, 15) is 0 Å². The highest BCUT2D eigenvalue weighted by Gasteiger charge is 2.24. The van der Waals surface area contributed by atoms with Gasteiger partial charge in [-0.2, -0.15) is 4.98 Å². The van der Waals surface area contributed by atoms with Crippen LogP contribution in [0.15, 0.2) is 65.3 Å². The molecular weight excluding hydrogens is 418 g/mol. The minimum absolute atomic E-state index is 0.288. The first kappa shape index (κ1) is 19.6. The van der Waals surface area contributed by atoms with Crippen LogP contribution in [0.25, 0.3) is 22.8 Å². The summed E-state index contributed by atoms with van der Waals surface area (Å²) in [6.45, 7) is 5.74. The third-order valence-electron chi connectivity index (χ3n) is 6.02. The number of hydrogen-bond acceptors (Lipinski definition) is 8. The Morgan fingerprint density at radius 3 is 2.58 bits per heavy atom. The lowest BCUT2D eigenvalue weighted by Gasteiger charge is -2.37. The molecule has 1 saturated heterocycles. The van der Waals surface area contributed by atoms with Gasteiger partial charge in [0.25, 0.3) is 5.89 Å². The van der Waals surface area contributed by atoms with E-state index in [0.29, 0.717) is 11.7 Å². The molecule has 0 atom stereocenters. The second kappa shape index (κ2) is 8.12. The number of benzene rings is 2. The molecule has 6 rings (SSSR count). The van der Waals surface area contributed by atoms with Gasteiger partial charge in [0.2, 0.25) is 12.6 Å². The van der Waals surface area contributed by atoms with Crippen molar-refractivity contribution >= 4 is 11.5 Å². The minimum Gasteiger partial charge on any atom is -0.454 e. The number of piperazine rings is 1. The molecule has 2 aromatic heterocycles. The summed E-state index contributed by atoms with van der Waals surface area (Å²) in [6.07, 6.45) is 1.81. The number of anilines is 2. The van der Waals surface area contributed by atoms with Crippen LogP contribution in [0, 0.1) is 6.92 Å². The molecule has 8 heteroatoms. The topological polar surface area (TPSA) is 76.8 Å². The Hall–Kier alpha value is -4.07. The van der Waals surface area contributed by atoms with Crippen molar-refractivity contribution in [1.82, 2.24) is 15.1 Å². The van der Waals surface area contributed by atoms with Crippen molar-refractivity contribution < 1.29 is 14.0 Å². The molecule has 8 nitrogen and oxygen atoms in total. The zero-order valence-electron chi connectivity index (χ0n) is 18.3. The summed E-state index contributed by atoms with van der Waals surface area (Å²) < 4.78 is 16.6. The highest BCUT2D eigenvalue weighted by Crippen LogP contribution is 2.36. The van der Waals surface area contributed by atoms with Crippen LogP contribution in [0.4, 0.5) is 11.5 Å². The van der Waals surface area contributed by atoms with Gasteiger partial charge in [0.15, 0.2) is 11.5 Å². The van der Waals surface area contributed by atoms with Crippen LogP contribution in [0.1, 0.15) is 5.56 Å². The third kappa shape index (κ3) is 3.73. The second-order valence-electron chi connectivity index (χ2n) is 8.18. The molecule has 2 aromatic carbocycles. The first-order valence-electron chi connectivity index (χ1n) is 11.0. The zero-order valence-corrected chi connectivity index (χ0v) is 18.3. The fraction of sp³-hybridized carbons (Fsp3) is 0.240. The minimum atomic E-state index is 0.288. The summed E-state index contributed by atoms with van der Waals surface area (Å²) in [6, 6.07) is 18.1. The van der Waals surface area contributed by atoms with Crippen LogP contribution in [-0.4, -0.2) is 48.1 Å². The summed E-state index contributed by atoms with van der Waals surface area (Å²) in [5.74, 6) is 3.54. The summed E-state index contributed by atoms with van der Waals surface area (Å²) in [5.41, 5.74) is 4.08. The molecule has 33 heavy (non-hydrogen) atoms. The van der Waals surface area contributed by atoms with E-state index in [1.807, 2.05) is 49.4 Å². The maximum atomic E-state index is 5.65. The molecule has 0 N–H and O–H groups in total. The highest BCUT2D eigenvalue weighted by molar-refractivity contribution is 5.71. The average molecular weight is 441 g/mol. The lowest BCUT2D eigenvalue weighted by Crippen LogP contribution is -2.47. The lowest BCUT2D eigenvalue weighted by molar-refractivity contribution is 0.174. The number of nitrogens with zero attached hydrogens (tertiary/aromatic N) is 5. The van der Waals surface area contributed by atoms with Crippen molar-refractivity contribution in [3.8, 4) is 34.3 Å². The number of aryl methyl sites for hydroxylation is 1. The molecule has 0 bridgehead atoms. The van der Waals surface area contributed by atoms with E-state index in [1.165, 1.54) is 0 Å². The number of aromatic nitrogens is 3. The SMILES string of the molecule is Cc1cccc(-c2noc(-c3cccnc3N3CCN(c4ccc5c(c4)OCO5)CC3)n2)c1. The van der Waals surface area contributed by atoms with Crippen LogP contribution in [-0.2, 0) is 0 Å². The largest absolute Gasteiger partial charge is 0.454 e. The normalized spacial score (nSPS) is 15.2. The molecule has 4 heterocycles. The Labute approximate surface area is 191 Å². The van der Waals surface area contributed by atoms with Crippen molar-refractivity contribution in [2.45, 2.75) is 6.92 Å². The molecular formula is C25H23N5O3. The number of hydrogen-bond donors (Lipinski definition) is 0. The Morgan fingerprint density at radius 2 is 1.70 bits per heavy atom. The number of ether oxygens (including phenoxy) is 2. The van der Waals surface area contributed by atoms with E-state index in [0.717, 1.165) is 65.9 Å². The summed E-state index contributed by atoms with van der Waals surface area (Å²) >= 11 is 0. The molecule has 1 fully saturated rings. The monoisotopic (exact) mass is 441 g/mol. The summed E-state index contributed by atoms with van der Waals surface area (Å²) in [7, 11) is 0. The number of pyridine rings is 1. The predicted octanol–water partition coefficient (Wildman–Crippen LogP) is 4.16. The first-order valence-corrected chi connectivity index (χ1v) is 11.0. The Bertz CT molecular complexity index is 1300. The molecule has 0 saturated carbocycles. The maximum Gasteiger partial charge on any atom is 0.261 e.